The maximum Gasteiger partial charge on any atom is 0.430 e. The van der Waals surface area contributed by atoms with Crippen molar-refractivity contribution in [2.75, 3.05) is 0 Å². The summed E-state index contributed by atoms with van der Waals surface area (Å²) in [6.07, 6.45) is -4.41. The molecular weight excluding hydrogens is 518 g/mol. The van der Waals surface area contributed by atoms with Crippen molar-refractivity contribution < 1.29 is 32.5 Å². The number of alkyl halides is 3. The molecule has 0 spiro atoms. The van der Waals surface area contributed by atoms with Crippen LogP contribution in [-0.4, -0.2) is 29.2 Å². The van der Waals surface area contributed by atoms with Gasteiger partial charge >= 0.3 is 6.18 Å². The molecule has 1 amide bonds. The smallest absolute Gasteiger partial charge is 0.430 e. The lowest BCUT2D eigenvalue weighted by atomic mass is 9.86. The van der Waals surface area contributed by atoms with Crippen LogP contribution in [0, 0.1) is 13.8 Å². The van der Waals surface area contributed by atoms with Crippen LogP contribution in [0.25, 0.3) is 0 Å². The van der Waals surface area contributed by atoms with Crippen molar-refractivity contribution in [2.24, 2.45) is 0 Å². The lowest BCUT2D eigenvalue weighted by molar-refractivity contribution is -0.744. The van der Waals surface area contributed by atoms with E-state index in [2.05, 4.69) is 10.4 Å². The fraction of sp³-hybridized carbons (Fsp3) is 0.320. The van der Waals surface area contributed by atoms with Gasteiger partial charge in [-0.25, -0.2) is 0 Å². The maximum atomic E-state index is 12.7. The molecule has 194 valence electrons. The van der Waals surface area contributed by atoms with E-state index in [1.165, 1.54) is 5.56 Å². The van der Waals surface area contributed by atoms with E-state index in [1.807, 2.05) is 80.1 Å². The number of aromatic nitrogens is 2. The summed E-state index contributed by atoms with van der Waals surface area (Å²) in [6.45, 7) is 6.27. The molecule has 0 aliphatic carbocycles. The minimum absolute atomic E-state index is 0.0254. The molecule has 0 aliphatic rings. The number of nitrogens with zero attached hydrogens (tertiary/aromatic N) is 1. The molecule has 2 N–H and O–H groups in total. The van der Waals surface area contributed by atoms with Gasteiger partial charge in [0.25, 0.3) is 5.91 Å². The third kappa shape index (κ3) is 9.20. The Morgan fingerprint density at radius 3 is 1.97 bits per heavy atom. The Morgan fingerprint density at radius 1 is 1.03 bits per heavy atom. The van der Waals surface area contributed by atoms with Crippen molar-refractivity contribution in [3.63, 3.8) is 0 Å². The molecule has 1 aromatic heterocycles. The molecule has 2 atom stereocenters. The summed E-state index contributed by atoms with van der Waals surface area (Å²) in [7, 11) is 0. The number of halogens is 5. The van der Waals surface area contributed by atoms with Gasteiger partial charge in [-0.2, -0.15) is 18.3 Å². The molecule has 0 radical (unpaired) electrons. The Hall–Kier alpha value is -3.04. The number of benzene rings is 2. The number of aromatic amines is 1. The molecular formula is C25H26Cl2F3N3O3. The standard InChI is InChI=1S/C23H25Cl2N3O.C2HF3O2/c1-15-12-16(2)28(27-15)14-23(29)26-17(3)22(19-6-10-21(25)11-7-19)13-18-4-8-20(24)9-5-18;3-2(4,5)1(6)7/h4-12,17,22H,13-14H2,1-3H3,(H,26,29);(H,6,7)/t17-,22+;/m1./s1. The van der Waals surface area contributed by atoms with Gasteiger partial charge in [0.1, 0.15) is 5.97 Å². The van der Waals surface area contributed by atoms with Crippen LogP contribution in [0.15, 0.2) is 54.6 Å². The number of hydrogen-bond acceptors (Lipinski definition) is 3. The molecule has 0 aliphatic heterocycles. The highest BCUT2D eigenvalue weighted by molar-refractivity contribution is 6.30. The molecule has 1 heterocycles. The van der Waals surface area contributed by atoms with Gasteiger partial charge in [0, 0.05) is 35.0 Å². The topological polar surface area (TPSA) is 88.9 Å². The average molecular weight is 544 g/mol. The number of carbonyl (C=O) groups excluding carboxylic acids is 2. The van der Waals surface area contributed by atoms with Gasteiger partial charge in [-0.15, -0.1) is 4.68 Å². The zero-order chi connectivity index (χ0) is 27.0. The number of H-pyrrole nitrogens is 1. The molecule has 11 heteroatoms. The van der Waals surface area contributed by atoms with E-state index >= 15 is 0 Å². The van der Waals surface area contributed by atoms with E-state index < -0.39 is 12.1 Å². The Balaban J connectivity index is 0.000000572. The van der Waals surface area contributed by atoms with Crippen molar-refractivity contribution in [3.05, 3.63) is 87.2 Å². The number of rotatable bonds is 7. The number of amides is 1. The zero-order valence-electron chi connectivity index (χ0n) is 19.8. The third-order valence-corrected chi connectivity index (χ3v) is 5.86. The van der Waals surface area contributed by atoms with E-state index in [0.717, 1.165) is 23.4 Å². The first-order chi connectivity index (χ1) is 16.8. The zero-order valence-corrected chi connectivity index (χ0v) is 21.3. The summed E-state index contributed by atoms with van der Waals surface area (Å²) in [5, 5.41) is 16.6. The molecule has 0 unspecified atom stereocenters. The number of hydrogen-bond donors (Lipinski definition) is 2. The number of carboxylic acid groups (broad SMARTS) is 1. The number of carbonyl (C=O) groups is 2. The highest BCUT2D eigenvalue weighted by Gasteiger charge is 2.29. The van der Waals surface area contributed by atoms with Crippen LogP contribution in [0.2, 0.25) is 10.0 Å². The van der Waals surface area contributed by atoms with E-state index in [-0.39, 0.29) is 24.4 Å². The van der Waals surface area contributed by atoms with Gasteiger partial charge in [-0.3, -0.25) is 4.79 Å². The maximum absolute atomic E-state index is 12.7. The van der Waals surface area contributed by atoms with Crippen LogP contribution < -0.4 is 15.1 Å². The van der Waals surface area contributed by atoms with Gasteiger partial charge in [0.2, 0.25) is 12.2 Å². The number of aliphatic carboxylic acids is 1. The summed E-state index contributed by atoms with van der Waals surface area (Å²) in [5.41, 5.74) is 4.36. The van der Waals surface area contributed by atoms with Gasteiger partial charge in [-0.1, -0.05) is 47.5 Å². The first-order valence-electron chi connectivity index (χ1n) is 10.9. The molecule has 0 bridgehead atoms. The van der Waals surface area contributed by atoms with Crippen LogP contribution in [0.1, 0.15) is 35.4 Å². The fourth-order valence-corrected chi connectivity index (χ4v) is 3.85. The first-order valence-corrected chi connectivity index (χ1v) is 11.7. The van der Waals surface area contributed by atoms with Crippen LogP contribution >= 0.6 is 23.2 Å². The summed E-state index contributed by atoms with van der Waals surface area (Å²) in [6, 6.07) is 17.6. The Morgan fingerprint density at radius 2 is 1.53 bits per heavy atom. The predicted molar refractivity (Wildman–Crippen MR) is 128 cm³/mol. The minimum atomic E-state index is -5.19. The Bertz CT molecular complexity index is 1160. The van der Waals surface area contributed by atoms with E-state index in [4.69, 9.17) is 33.1 Å². The lowest BCUT2D eigenvalue weighted by Gasteiger charge is -2.25. The predicted octanol–water partition coefficient (Wildman–Crippen LogP) is 4.06. The molecule has 2 aromatic carbocycles. The van der Waals surface area contributed by atoms with Crippen LogP contribution in [0.5, 0.6) is 0 Å². The summed E-state index contributed by atoms with van der Waals surface area (Å²) in [5.74, 6) is -2.93. The quantitative estimate of drug-likeness (QED) is 0.440. The van der Waals surface area contributed by atoms with Crippen molar-refractivity contribution in [1.29, 1.82) is 0 Å². The van der Waals surface area contributed by atoms with Crippen LogP contribution in [-0.2, 0) is 22.6 Å². The normalized spacial score (nSPS) is 12.8. The second-order valence-corrected chi connectivity index (χ2v) is 9.17. The first kappa shape index (κ1) is 29.2. The second kappa shape index (κ2) is 12.8. The van der Waals surface area contributed by atoms with Crippen molar-refractivity contribution in [3.8, 4) is 0 Å². The molecule has 3 rings (SSSR count). The Labute approximate surface area is 217 Å². The van der Waals surface area contributed by atoms with Gasteiger partial charge in [-0.05, 0) is 55.7 Å². The second-order valence-electron chi connectivity index (χ2n) is 8.30. The third-order valence-electron chi connectivity index (χ3n) is 5.35. The monoisotopic (exact) mass is 543 g/mol. The number of carboxylic acids is 1. The molecule has 36 heavy (non-hydrogen) atoms. The van der Waals surface area contributed by atoms with E-state index in [9.17, 15) is 18.0 Å². The average Bonchev–Trinajstić information content (AvgIpc) is 3.10. The van der Waals surface area contributed by atoms with Gasteiger partial charge < -0.3 is 15.2 Å². The van der Waals surface area contributed by atoms with Gasteiger partial charge in [0.05, 0.1) is 5.69 Å². The largest absolute Gasteiger partial charge is 0.542 e. The molecule has 3 aromatic rings. The summed E-state index contributed by atoms with van der Waals surface area (Å²) in [4.78, 5) is 21.5. The van der Waals surface area contributed by atoms with E-state index in [1.54, 1.807) is 0 Å². The van der Waals surface area contributed by atoms with E-state index in [0.29, 0.717) is 10.0 Å². The summed E-state index contributed by atoms with van der Waals surface area (Å²) >= 11 is 12.1. The Kier molecular flexibility index (Phi) is 10.4. The van der Waals surface area contributed by atoms with Crippen LogP contribution in [0.4, 0.5) is 13.2 Å². The molecule has 6 nitrogen and oxygen atoms in total. The highest BCUT2D eigenvalue weighted by Crippen LogP contribution is 2.26. The fourth-order valence-electron chi connectivity index (χ4n) is 3.60. The molecule has 0 saturated heterocycles. The highest BCUT2D eigenvalue weighted by atomic mass is 35.5. The lowest BCUT2D eigenvalue weighted by Crippen LogP contribution is -2.49. The summed E-state index contributed by atoms with van der Waals surface area (Å²) < 4.78 is 33.4. The van der Waals surface area contributed by atoms with Crippen molar-refractivity contribution in [1.82, 2.24) is 10.4 Å². The SMILES string of the molecule is Cc1cc(C)[n+](CC(=O)N[C@H](C)[C@H](Cc2ccc(Cl)cc2)c2ccc(Cl)cc2)[nH]1.O=C([O-])C(F)(F)F. The van der Waals surface area contributed by atoms with Gasteiger partial charge in [0.15, 0.2) is 0 Å². The number of aryl methyl sites for hydroxylation is 2. The number of nitrogens with one attached hydrogen (secondary N) is 2. The molecule has 0 saturated carbocycles. The van der Waals surface area contributed by atoms with Crippen LogP contribution in [0.3, 0.4) is 0 Å². The van der Waals surface area contributed by atoms with Crippen molar-refractivity contribution in [2.45, 2.75) is 51.9 Å². The minimum Gasteiger partial charge on any atom is -0.542 e. The molecule has 0 fully saturated rings. The van der Waals surface area contributed by atoms with Crippen molar-refractivity contribution >= 4 is 35.1 Å².